The van der Waals surface area contributed by atoms with Gasteiger partial charge in [-0.3, -0.25) is 10.1 Å². The summed E-state index contributed by atoms with van der Waals surface area (Å²) in [5.41, 5.74) is 1.18. The van der Waals surface area contributed by atoms with E-state index in [1.165, 1.54) is 30.3 Å². The lowest BCUT2D eigenvalue weighted by Crippen LogP contribution is -2.08. The molecule has 0 unspecified atom stereocenters. The van der Waals surface area contributed by atoms with E-state index in [1.807, 2.05) is 0 Å². The van der Waals surface area contributed by atoms with Crippen molar-refractivity contribution < 1.29 is 17.7 Å². The molecule has 0 heterocycles. The zero-order valence-corrected chi connectivity index (χ0v) is 13.3. The molecule has 0 aliphatic rings. The van der Waals surface area contributed by atoms with Crippen LogP contribution < -0.4 is 5.32 Å². The molecule has 8 heteroatoms. The van der Waals surface area contributed by atoms with E-state index < -0.39 is 20.6 Å². The maximum absolute atomic E-state index is 13.9. The number of anilines is 1. The third-order valence-electron chi connectivity index (χ3n) is 3.32. The second kappa shape index (κ2) is 6.33. The Morgan fingerprint density at radius 1 is 1.17 bits per heavy atom. The second-order valence-corrected chi connectivity index (χ2v) is 7.12. The van der Waals surface area contributed by atoms with Crippen molar-refractivity contribution in [1.82, 2.24) is 0 Å². The first-order chi connectivity index (χ1) is 10.7. The van der Waals surface area contributed by atoms with Gasteiger partial charge in [-0.2, -0.15) is 0 Å². The molecule has 0 saturated carbocycles. The molecular weight excluding hydrogens is 323 g/mol. The van der Waals surface area contributed by atoms with Crippen LogP contribution in [0.1, 0.15) is 18.5 Å². The highest BCUT2D eigenvalue weighted by atomic mass is 32.2. The van der Waals surface area contributed by atoms with Gasteiger partial charge in [0.15, 0.2) is 9.84 Å². The fraction of sp³-hybridized carbons (Fsp3) is 0.200. The number of nitro benzene ring substituents is 1. The summed E-state index contributed by atoms with van der Waals surface area (Å²) < 4.78 is 36.7. The predicted molar refractivity (Wildman–Crippen MR) is 84.6 cm³/mol. The number of hydrogen-bond acceptors (Lipinski definition) is 5. The maximum atomic E-state index is 13.9. The highest BCUT2D eigenvalue weighted by molar-refractivity contribution is 7.90. The lowest BCUT2D eigenvalue weighted by molar-refractivity contribution is -0.384. The molecule has 0 saturated heterocycles. The van der Waals surface area contributed by atoms with E-state index in [9.17, 15) is 22.9 Å². The molecule has 0 amide bonds. The standard InChI is InChI=1S/C15H15FN2O4S/c1-10(17-12-4-6-13(7-5-12)18(19)20)11-3-8-15(14(16)9-11)23(2,21)22/h3-10,17H,1-2H3/t10-/m0/s1. The number of halogens is 1. The molecule has 0 aliphatic heterocycles. The van der Waals surface area contributed by atoms with Gasteiger partial charge in [0.2, 0.25) is 0 Å². The average Bonchev–Trinajstić information content (AvgIpc) is 2.46. The van der Waals surface area contributed by atoms with Crippen molar-refractivity contribution in [2.24, 2.45) is 0 Å². The predicted octanol–water partition coefficient (Wildman–Crippen LogP) is 3.31. The van der Waals surface area contributed by atoms with Crippen LogP contribution in [0, 0.1) is 15.9 Å². The van der Waals surface area contributed by atoms with E-state index in [4.69, 9.17) is 0 Å². The molecule has 6 nitrogen and oxygen atoms in total. The number of nitrogens with zero attached hydrogens (tertiary/aromatic N) is 1. The van der Waals surface area contributed by atoms with Gasteiger partial charge in [0.05, 0.1) is 4.92 Å². The van der Waals surface area contributed by atoms with Crippen molar-refractivity contribution in [2.45, 2.75) is 17.9 Å². The smallest absolute Gasteiger partial charge is 0.269 e. The fourth-order valence-electron chi connectivity index (χ4n) is 2.10. The number of nitro groups is 1. The van der Waals surface area contributed by atoms with Crippen LogP contribution in [0.25, 0.3) is 0 Å². The molecule has 0 spiro atoms. The van der Waals surface area contributed by atoms with Crippen molar-refractivity contribution in [1.29, 1.82) is 0 Å². The van der Waals surface area contributed by atoms with Gasteiger partial charge in [-0.1, -0.05) is 6.07 Å². The molecule has 0 radical (unpaired) electrons. The van der Waals surface area contributed by atoms with Crippen LogP contribution in [0.4, 0.5) is 15.8 Å². The summed E-state index contributed by atoms with van der Waals surface area (Å²) in [6.45, 7) is 1.77. The molecule has 1 atom stereocenters. The molecule has 122 valence electrons. The molecule has 2 aromatic carbocycles. The van der Waals surface area contributed by atoms with Crippen LogP contribution >= 0.6 is 0 Å². The van der Waals surface area contributed by atoms with Gasteiger partial charge in [0.1, 0.15) is 10.7 Å². The minimum Gasteiger partial charge on any atom is -0.379 e. The van der Waals surface area contributed by atoms with Crippen LogP contribution in [-0.4, -0.2) is 19.6 Å². The van der Waals surface area contributed by atoms with Crippen LogP contribution in [0.3, 0.4) is 0 Å². The molecule has 2 rings (SSSR count). The van der Waals surface area contributed by atoms with Gasteiger partial charge in [0.25, 0.3) is 5.69 Å². The Hall–Kier alpha value is -2.48. The van der Waals surface area contributed by atoms with Gasteiger partial charge in [0, 0.05) is 30.1 Å². The summed E-state index contributed by atoms with van der Waals surface area (Å²) in [6, 6.07) is 9.45. The molecule has 1 N–H and O–H groups in total. The van der Waals surface area contributed by atoms with Gasteiger partial charge >= 0.3 is 0 Å². The van der Waals surface area contributed by atoms with Crippen LogP contribution in [-0.2, 0) is 9.84 Å². The summed E-state index contributed by atoms with van der Waals surface area (Å²) in [7, 11) is -3.61. The van der Waals surface area contributed by atoms with Crippen molar-refractivity contribution in [3.05, 3.63) is 64.0 Å². The Morgan fingerprint density at radius 2 is 1.78 bits per heavy atom. The molecule has 0 aliphatic carbocycles. The van der Waals surface area contributed by atoms with Crippen LogP contribution in [0.5, 0.6) is 0 Å². The van der Waals surface area contributed by atoms with E-state index in [0.717, 1.165) is 6.26 Å². The zero-order chi connectivity index (χ0) is 17.2. The zero-order valence-electron chi connectivity index (χ0n) is 12.5. The Balaban J connectivity index is 2.19. The Labute approximate surface area is 133 Å². The van der Waals surface area contributed by atoms with Crippen LogP contribution in [0.2, 0.25) is 0 Å². The number of nitrogens with one attached hydrogen (secondary N) is 1. The molecule has 0 bridgehead atoms. The van der Waals surface area contributed by atoms with E-state index in [1.54, 1.807) is 19.1 Å². The maximum Gasteiger partial charge on any atom is 0.269 e. The normalized spacial score (nSPS) is 12.7. The monoisotopic (exact) mass is 338 g/mol. The molecule has 23 heavy (non-hydrogen) atoms. The van der Waals surface area contributed by atoms with Crippen LogP contribution in [0.15, 0.2) is 47.4 Å². The summed E-state index contributed by atoms with van der Waals surface area (Å²) in [5.74, 6) is -0.803. The van der Waals surface area contributed by atoms with Gasteiger partial charge in [-0.05, 0) is 36.8 Å². The topological polar surface area (TPSA) is 89.3 Å². The third kappa shape index (κ3) is 4.04. The first-order valence-electron chi connectivity index (χ1n) is 6.69. The number of rotatable bonds is 5. The van der Waals surface area contributed by atoms with Gasteiger partial charge < -0.3 is 5.32 Å². The SMILES string of the molecule is C[C@H](Nc1ccc([N+](=O)[O-])cc1)c1ccc(S(C)(=O)=O)c(F)c1. The van der Waals surface area contributed by atoms with E-state index in [2.05, 4.69) is 5.32 Å². The second-order valence-electron chi connectivity index (χ2n) is 5.13. The third-order valence-corrected chi connectivity index (χ3v) is 4.45. The first-order valence-corrected chi connectivity index (χ1v) is 8.58. The van der Waals surface area contributed by atoms with Crippen molar-refractivity contribution >= 4 is 21.2 Å². The first kappa shape index (κ1) is 16.9. The Morgan fingerprint density at radius 3 is 2.26 bits per heavy atom. The van der Waals surface area contributed by atoms with E-state index in [-0.39, 0.29) is 16.6 Å². The number of sulfone groups is 1. The molecule has 0 fully saturated rings. The lowest BCUT2D eigenvalue weighted by Gasteiger charge is -2.16. The van der Waals surface area contributed by atoms with E-state index in [0.29, 0.717) is 11.3 Å². The average molecular weight is 338 g/mol. The number of hydrogen-bond donors (Lipinski definition) is 1. The molecule has 0 aromatic heterocycles. The van der Waals surface area contributed by atoms with E-state index >= 15 is 0 Å². The molecular formula is C15H15FN2O4S. The largest absolute Gasteiger partial charge is 0.379 e. The minimum atomic E-state index is -3.61. The number of benzene rings is 2. The van der Waals surface area contributed by atoms with Gasteiger partial charge in [-0.15, -0.1) is 0 Å². The Bertz CT molecular complexity index is 835. The highest BCUT2D eigenvalue weighted by Crippen LogP contribution is 2.24. The summed E-state index contributed by atoms with van der Waals surface area (Å²) >= 11 is 0. The highest BCUT2D eigenvalue weighted by Gasteiger charge is 2.16. The number of non-ortho nitro benzene ring substituents is 1. The Kier molecular flexibility index (Phi) is 4.65. The summed E-state index contributed by atoms with van der Waals surface area (Å²) in [4.78, 5) is 9.76. The quantitative estimate of drug-likeness (QED) is 0.667. The van der Waals surface area contributed by atoms with Crippen molar-refractivity contribution in [3.63, 3.8) is 0 Å². The lowest BCUT2D eigenvalue weighted by atomic mass is 10.1. The molecule has 2 aromatic rings. The fourth-order valence-corrected chi connectivity index (χ4v) is 2.83. The summed E-state index contributed by atoms with van der Waals surface area (Å²) in [6.07, 6.45) is 0.948. The van der Waals surface area contributed by atoms with Gasteiger partial charge in [-0.25, -0.2) is 12.8 Å². The minimum absolute atomic E-state index is 0.0215. The van der Waals surface area contributed by atoms with Crippen molar-refractivity contribution in [2.75, 3.05) is 11.6 Å². The van der Waals surface area contributed by atoms with Crippen molar-refractivity contribution in [3.8, 4) is 0 Å². The summed E-state index contributed by atoms with van der Waals surface area (Å²) in [5, 5.41) is 13.7.